The van der Waals surface area contributed by atoms with E-state index < -0.39 is 5.37 Å². The summed E-state index contributed by atoms with van der Waals surface area (Å²) in [5.41, 5.74) is 0.889. The lowest BCUT2D eigenvalue weighted by Crippen LogP contribution is -2.28. The zero-order valence-electron chi connectivity index (χ0n) is 13.6. The van der Waals surface area contributed by atoms with Crippen molar-refractivity contribution in [1.29, 1.82) is 0 Å². The van der Waals surface area contributed by atoms with Gasteiger partial charge in [0.05, 0.1) is 26.8 Å². The van der Waals surface area contributed by atoms with Gasteiger partial charge in [-0.25, -0.2) is 0 Å². The van der Waals surface area contributed by atoms with Crippen LogP contribution in [0.25, 0.3) is 0 Å². The average Bonchev–Trinajstić information content (AvgIpc) is 2.96. The largest absolute Gasteiger partial charge is 0.493 e. The van der Waals surface area contributed by atoms with E-state index in [-0.39, 0.29) is 6.04 Å². The lowest BCUT2D eigenvalue weighted by molar-refractivity contribution is 0.192. The number of hydrogen-bond donors (Lipinski definition) is 0. The van der Waals surface area contributed by atoms with Crippen LogP contribution in [0.1, 0.15) is 30.0 Å². The molecule has 1 aromatic heterocycles. The van der Waals surface area contributed by atoms with Crippen molar-refractivity contribution < 1.29 is 18.7 Å². The lowest BCUT2D eigenvalue weighted by Gasteiger charge is -2.27. The summed E-state index contributed by atoms with van der Waals surface area (Å²) in [5, 5.41) is -0.540. The van der Waals surface area contributed by atoms with Crippen molar-refractivity contribution in [1.82, 2.24) is 4.90 Å². The minimum absolute atomic E-state index is 0.245. The van der Waals surface area contributed by atoms with Crippen molar-refractivity contribution in [3.05, 3.63) is 47.4 Å². The maximum atomic E-state index is 11.8. The topological polar surface area (TPSA) is 51.9 Å². The third-order valence-corrected chi connectivity index (χ3v) is 3.92. The summed E-state index contributed by atoms with van der Waals surface area (Å²) in [5.74, 6) is 2.71. The molecule has 0 aliphatic heterocycles. The highest BCUT2D eigenvalue weighted by Crippen LogP contribution is 2.32. The van der Waals surface area contributed by atoms with Crippen molar-refractivity contribution in [3.8, 4) is 11.5 Å². The number of furan rings is 1. The molecule has 0 fully saturated rings. The Morgan fingerprint density at radius 2 is 1.91 bits per heavy atom. The fourth-order valence-corrected chi connectivity index (χ4v) is 2.59. The van der Waals surface area contributed by atoms with Gasteiger partial charge in [-0.2, -0.15) is 0 Å². The molecular weight excluding hydrogens is 318 g/mol. The zero-order valence-corrected chi connectivity index (χ0v) is 14.4. The lowest BCUT2D eigenvalue weighted by atomic mass is 10.1. The van der Waals surface area contributed by atoms with Crippen molar-refractivity contribution in [2.45, 2.75) is 26.4 Å². The zero-order chi connectivity index (χ0) is 17.0. The SMILES string of the molecule is COc1ccc(C(C)N(Cc2ccc(C)o2)C(=O)Cl)cc1OC. The number of hydrogen-bond acceptors (Lipinski definition) is 4. The van der Waals surface area contributed by atoms with Crippen molar-refractivity contribution in [2.24, 2.45) is 0 Å². The highest BCUT2D eigenvalue weighted by molar-refractivity contribution is 6.62. The van der Waals surface area contributed by atoms with Crippen LogP contribution in [-0.4, -0.2) is 24.5 Å². The van der Waals surface area contributed by atoms with Crippen LogP contribution in [-0.2, 0) is 6.54 Å². The predicted molar refractivity (Wildman–Crippen MR) is 88.2 cm³/mol. The number of aryl methyl sites for hydroxylation is 1. The molecule has 2 aromatic rings. The highest BCUT2D eigenvalue weighted by atomic mass is 35.5. The molecule has 6 heteroatoms. The van der Waals surface area contributed by atoms with Crippen LogP contribution < -0.4 is 9.47 Å². The van der Waals surface area contributed by atoms with Gasteiger partial charge >= 0.3 is 5.37 Å². The van der Waals surface area contributed by atoms with Crippen LogP contribution in [0.3, 0.4) is 0 Å². The predicted octanol–water partition coefficient (Wildman–Crippen LogP) is 4.53. The van der Waals surface area contributed by atoms with Crippen LogP contribution in [0.15, 0.2) is 34.7 Å². The van der Waals surface area contributed by atoms with Gasteiger partial charge in [0.15, 0.2) is 11.5 Å². The van der Waals surface area contributed by atoms with Gasteiger partial charge in [-0.1, -0.05) is 6.07 Å². The molecule has 1 unspecified atom stereocenters. The molecule has 0 radical (unpaired) electrons. The van der Waals surface area contributed by atoms with Crippen LogP contribution in [0, 0.1) is 6.92 Å². The van der Waals surface area contributed by atoms with Crippen molar-refractivity contribution in [2.75, 3.05) is 14.2 Å². The van der Waals surface area contributed by atoms with E-state index in [0.717, 1.165) is 11.3 Å². The number of carbonyl (C=O) groups is 1. The Bertz CT molecular complexity index is 683. The number of ether oxygens (including phenoxy) is 2. The number of nitrogens with zero attached hydrogens (tertiary/aromatic N) is 1. The molecule has 0 saturated heterocycles. The second kappa shape index (κ2) is 7.42. The summed E-state index contributed by atoms with van der Waals surface area (Å²) in [6, 6.07) is 8.97. The standard InChI is InChI=1S/C17H20ClNO4/c1-11-5-7-14(23-11)10-19(17(18)20)12(2)13-6-8-15(21-3)16(9-13)22-4/h5-9,12H,10H2,1-4H3. The Morgan fingerprint density at radius 3 is 2.43 bits per heavy atom. The molecule has 0 spiro atoms. The quantitative estimate of drug-likeness (QED) is 0.574. The molecule has 1 atom stereocenters. The van der Waals surface area contributed by atoms with E-state index >= 15 is 0 Å². The van der Waals surface area contributed by atoms with E-state index in [0.29, 0.717) is 23.8 Å². The van der Waals surface area contributed by atoms with Gasteiger partial charge in [0, 0.05) is 0 Å². The number of rotatable bonds is 6. The summed E-state index contributed by atoms with van der Waals surface area (Å²) in [7, 11) is 3.15. The Morgan fingerprint density at radius 1 is 1.22 bits per heavy atom. The van der Waals surface area contributed by atoms with Gasteiger partial charge < -0.3 is 18.8 Å². The van der Waals surface area contributed by atoms with E-state index in [1.165, 1.54) is 4.90 Å². The summed E-state index contributed by atoms with van der Waals surface area (Å²) in [4.78, 5) is 13.4. The molecule has 23 heavy (non-hydrogen) atoms. The summed E-state index contributed by atoms with van der Waals surface area (Å²) in [6.07, 6.45) is 0. The minimum atomic E-state index is -0.540. The number of benzene rings is 1. The van der Waals surface area contributed by atoms with E-state index in [2.05, 4.69) is 0 Å². The van der Waals surface area contributed by atoms with Crippen molar-refractivity contribution in [3.63, 3.8) is 0 Å². The van der Waals surface area contributed by atoms with E-state index in [9.17, 15) is 4.79 Å². The first-order chi connectivity index (χ1) is 11.0. The Kier molecular flexibility index (Phi) is 5.55. The first-order valence-corrected chi connectivity index (χ1v) is 7.57. The summed E-state index contributed by atoms with van der Waals surface area (Å²) >= 11 is 5.77. The van der Waals surface area contributed by atoms with Gasteiger partial charge in [-0.3, -0.25) is 4.79 Å². The van der Waals surface area contributed by atoms with Crippen LogP contribution in [0.2, 0.25) is 0 Å². The van der Waals surface area contributed by atoms with Gasteiger partial charge in [-0.15, -0.1) is 0 Å². The number of halogens is 1. The van der Waals surface area contributed by atoms with Crippen LogP contribution in [0.4, 0.5) is 4.79 Å². The fraction of sp³-hybridized carbons (Fsp3) is 0.353. The Labute approximate surface area is 140 Å². The average molecular weight is 338 g/mol. The van der Waals surface area contributed by atoms with Gasteiger partial charge in [0.25, 0.3) is 0 Å². The molecule has 0 aliphatic rings. The Hall–Kier alpha value is -2.14. The monoisotopic (exact) mass is 337 g/mol. The molecule has 1 amide bonds. The summed E-state index contributed by atoms with van der Waals surface area (Å²) < 4.78 is 16.1. The maximum Gasteiger partial charge on any atom is 0.317 e. The highest BCUT2D eigenvalue weighted by Gasteiger charge is 2.22. The smallest absolute Gasteiger partial charge is 0.317 e. The molecule has 2 rings (SSSR count). The van der Waals surface area contributed by atoms with Crippen LogP contribution in [0.5, 0.6) is 11.5 Å². The third-order valence-electron chi connectivity index (χ3n) is 3.71. The van der Waals surface area contributed by atoms with E-state index in [1.807, 2.05) is 38.1 Å². The fourth-order valence-electron chi connectivity index (χ4n) is 2.38. The molecule has 0 aliphatic carbocycles. The second-order valence-electron chi connectivity index (χ2n) is 5.18. The van der Waals surface area contributed by atoms with Gasteiger partial charge in [-0.05, 0) is 55.3 Å². The van der Waals surface area contributed by atoms with Crippen LogP contribution >= 0.6 is 11.6 Å². The minimum Gasteiger partial charge on any atom is -0.493 e. The molecule has 124 valence electrons. The molecule has 5 nitrogen and oxygen atoms in total. The summed E-state index contributed by atoms with van der Waals surface area (Å²) in [6.45, 7) is 4.05. The van der Waals surface area contributed by atoms with Gasteiger partial charge in [0.1, 0.15) is 11.5 Å². The molecular formula is C17H20ClNO4. The first kappa shape index (κ1) is 17.2. The normalized spacial score (nSPS) is 11.9. The third kappa shape index (κ3) is 3.99. The van der Waals surface area contributed by atoms with Crippen molar-refractivity contribution >= 4 is 17.0 Å². The molecule has 1 aromatic carbocycles. The molecule has 0 bridgehead atoms. The van der Waals surface area contributed by atoms with Gasteiger partial charge in [0.2, 0.25) is 0 Å². The Balaban J connectivity index is 2.27. The number of methoxy groups -OCH3 is 2. The molecule has 0 saturated carbocycles. The second-order valence-corrected chi connectivity index (χ2v) is 5.51. The molecule has 1 heterocycles. The maximum absolute atomic E-state index is 11.8. The molecule has 0 N–H and O–H groups in total. The van der Waals surface area contributed by atoms with E-state index in [1.54, 1.807) is 20.3 Å². The number of carbonyl (C=O) groups excluding carboxylic acids is 1. The number of amides is 1. The first-order valence-electron chi connectivity index (χ1n) is 7.19. The van der Waals surface area contributed by atoms with E-state index in [4.69, 9.17) is 25.5 Å².